The third-order valence-corrected chi connectivity index (χ3v) is 1.72. The van der Waals surface area contributed by atoms with E-state index >= 15 is 0 Å². The van der Waals surface area contributed by atoms with Gasteiger partial charge < -0.3 is 0 Å². The van der Waals surface area contributed by atoms with E-state index in [0.29, 0.717) is 0 Å². The molecule has 0 aliphatic carbocycles. The third-order valence-electron chi connectivity index (χ3n) is 1.72. The fourth-order valence-electron chi connectivity index (χ4n) is 1.03. The van der Waals surface area contributed by atoms with Gasteiger partial charge in [0.1, 0.15) is 10.2 Å². The summed E-state index contributed by atoms with van der Waals surface area (Å²) in [5.74, 6) is 0. The summed E-state index contributed by atoms with van der Waals surface area (Å²) >= 11 is 0. The average molecular weight is 284 g/mol. The molecule has 104 valence electrons. The van der Waals surface area contributed by atoms with Crippen LogP contribution >= 0.6 is 0 Å². The Bertz CT molecular complexity index is 718. The second-order valence-electron chi connectivity index (χ2n) is 2.91. The molecule has 0 aromatic carbocycles. The summed E-state index contributed by atoms with van der Waals surface area (Å²) in [7, 11) is 0. The van der Waals surface area contributed by atoms with Crippen LogP contribution in [0.15, 0.2) is 10.2 Å². The zero-order valence-corrected chi connectivity index (χ0v) is 9.26. The number of H-pyrrole nitrogens is 2. The highest BCUT2D eigenvalue weighted by atomic mass is 16.7. The van der Waals surface area contributed by atoms with Crippen LogP contribution in [0.2, 0.25) is 0 Å². The maximum Gasteiger partial charge on any atom is 0.341 e. The van der Waals surface area contributed by atoms with Crippen molar-refractivity contribution >= 4 is 12.4 Å². The maximum absolute atomic E-state index is 10.2. The number of hydrogen-bond acceptors (Lipinski definition) is 8. The second kappa shape index (κ2) is 5.29. The van der Waals surface area contributed by atoms with Gasteiger partial charge in [0.2, 0.25) is 0 Å². The fourth-order valence-corrected chi connectivity index (χ4v) is 1.03. The van der Waals surface area contributed by atoms with E-state index in [9.17, 15) is 20.2 Å². The minimum atomic E-state index is -0.958. The lowest BCUT2D eigenvalue weighted by atomic mass is 10.8. The smallest absolute Gasteiger partial charge is 0.233 e. The Hall–Kier alpha value is -3.72. The van der Waals surface area contributed by atoms with Crippen LogP contribution in [0.1, 0.15) is 0 Å². The molecule has 0 saturated heterocycles. The summed E-state index contributed by atoms with van der Waals surface area (Å²) < 4.78 is 1.96. The minimum absolute atomic E-state index is 0.341. The summed E-state index contributed by atoms with van der Waals surface area (Å²) in [6.45, 7) is 0. The first kappa shape index (κ1) is 12.7. The molecule has 16 heteroatoms. The predicted octanol–water partition coefficient (Wildman–Crippen LogP) is -3.20. The Labute approximate surface area is 106 Å². The van der Waals surface area contributed by atoms with E-state index in [1.54, 1.807) is 0 Å². The Balaban J connectivity index is 2.37. The molecule has 0 aliphatic rings. The number of hydrogen-bond donors (Lipinski definition) is 2. The van der Waals surface area contributed by atoms with E-state index in [1.165, 1.54) is 12.4 Å². The van der Waals surface area contributed by atoms with E-state index in [0.717, 1.165) is 9.36 Å². The summed E-state index contributed by atoms with van der Waals surface area (Å²) in [6, 6.07) is 0. The lowest BCUT2D eigenvalue weighted by Crippen LogP contribution is -2.20. The molecule has 0 fully saturated rings. The van der Waals surface area contributed by atoms with Gasteiger partial charge in [0.15, 0.2) is 10.1 Å². The molecule has 2 rings (SSSR count). The summed E-state index contributed by atoms with van der Waals surface area (Å²) in [6.07, 6.45) is 2.36. The summed E-state index contributed by atoms with van der Waals surface area (Å²) in [4.78, 5) is 20.5. The third kappa shape index (κ3) is 2.94. The van der Waals surface area contributed by atoms with Crippen molar-refractivity contribution in [3.05, 3.63) is 31.5 Å². The van der Waals surface area contributed by atoms with Crippen molar-refractivity contribution in [2.75, 3.05) is 0 Å². The zero-order valence-electron chi connectivity index (χ0n) is 9.26. The van der Waals surface area contributed by atoms with Gasteiger partial charge in [0.25, 0.3) is 0 Å². The first-order valence-corrected chi connectivity index (χ1v) is 4.62. The number of nitrogens with one attached hydrogen (secondary N) is 2. The van der Waals surface area contributed by atoms with Crippen LogP contribution in [0, 0.1) is 20.2 Å². The van der Waals surface area contributed by atoms with Crippen molar-refractivity contribution in [2.45, 2.75) is 0 Å². The van der Waals surface area contributed by atoms with Crippen LogP contribution in [0.3, 0.4) is 0 Å². The molecule has 2 N–H and O–H groups in total. The van der Waals surface area contributed by atoms with E-state index in [1.807, 2.05) is 0 Å². The predicted molar refractivity (Wildman–Crippen MR) is 55.4 cm³/mol. The number of nitrogens with zero attached hydrogens (tertiary/aromatic N) is 10. The Morgan fingerprint density at radius 3 is 1.70 bits per heavy atom. The molecule has 0 saturated carbocycles. The molecule has 2 aromatic rings. The van der Waals surface area contributed by atoms with Crippen LogP contribution < -0.4 is 11.2 Å². The highest BCUT2D eigenvalue weighted by molar-refractivity contribution is 5.40. The normalized spacial score (nSPS) is 13.2. The standard InChI is InChI=1S/C4H4N12O4/c17-15(18)7-3-5-9-11-13(3)1-2-14-4(6-10-12-14)8-16(19)20/h1-2H,(H,5,7,11)(H,6,8,12)/b2-1+. The molecule has 0 amide bonds. The van der Waals surface area contributed by atoms with Crippen LogP contribution in [-0.4, -0.2) is 50.5 Å². The van der Waals surface area contributed by atoms with Gasteiger partial charge in [-0.15, -0.1) is 0 Å². The van der Waals surface area contributed by atoms with E-state index in [-0.39, 0.29) is 11.2 Å². The topological polar surface area (TPSA) is 204 Å². The number of rotatable bonds is 4. The number of tetrazole rings is 2. The Kier molecular flexibility index (Phi) is 3.36. The molecule has 2 heterocycles. The Morgan fingerprint density at radius 1 is 0.950 bits per heavy atom. The average Bonchev–Trinajstić information content (AvgIpc) is 2.95. The fraction of sp³-hybridized carbons (Fsp3) is 0. The van der Waals surface area contributed by atoms with Crippen molar-refractivity contribution in [3.63, 3.8) is 0 Å². The van der Waals surface area contributed by atoms with Crippen molar-refractivity contribution < 1.29 is 10.1 Å². The molecule has 0 atom stereocenters. The number of nitro groups is 2. The highest BCUT2D eigenvalue weighted by Gasteiger charge is 2.01. The lowest BCUT2D eigenvalue weighted by Gasteiger charge is -1.90. The first-order chi connectivity index (χ1) is 9.56. The zero-order chi connectivity index (χ0) is 14.5. The quantitative estimate of drug-likeness (QED) is 0.430. The van der Waals surface area contributed by atoms with Gasteiger partial charge in [-0.25, -0.2) is 29.6 Å². The SMILES string of the molecule is O=[N+]([O-])/N=c1\nn[nH]n1/C=C/n1[nH]nn/c1=N\[N+](=O)[O-]. The molecular formula is C4H4N12O4. The second-order valence-corrected chi connectivity index (χ2v) is 2.91. The van der Waals surface area contributed by atoms with Crippen LogP contribution in [0.25, 0.3) is 12.4 Å². The molecule has 0 spiro atoms. The molecular weight excluding hydrogens is 280 g/mol. The molecule has 0 radical (unpaired) electrons. The largest absolute Gasteiger partial charge is 0.341 e. The van der Waals surface area contributed by atoms with Gasteiger partial charge in [0, 0.05) is 0 Å². The molecule has 0 unspecified atom stereocenters. The van der Waals surface area contributed by atoms with Crippen LogP contribution in [-0.2, 0) is 0 Å². The van der Waals surface area contributed by atoms with Crippen LogP contribution in [0.5, 0.6) is 0 Å². The van der Waals surface area contributed by atoms with Crippen molar-refractivity contribution in [3.8, 4) is 0 Å². The van der Waals surface area contributed by atoms with Gasteiger partial charge in [0.05, 0.1) is 12.4 Å². The van der Waals surface area contributed by atoms with E-state index in [2.05, 4.69) is 41.3 Å². The maximum atomic E-state index is 10.2. The summed E-state index contributed by atoms with van der Waals surface area (Å²) in [5.41, 5.74) is -0.681. The molecule has 16 nitrogen and oxygen atoms in total. The first-order valence-electron chi connectivity index (χ1n) is 4.62. The summed E-state index contributed by atoms with van der Waals surface area (Å²) in [5, 5.41) is 42.2. The van der Waals surface area contributed by atoms with E-state index < -0.39 is 10.1 Å². The molecule has 2 aromatic heterocycles. The highest BCUT2D eigenvalue weighted by Crippen LogP contribution is 1.79. The van der Waals surface area contributed by atoms with Gasteiger partial charge in [-0.2, -0.15) is 10.4 Å². The monoisotopic (exact) mass is 284 g/mol. The minimum Gasteiger partial charge on any atom is -0.233 e. The van der Waals surface area contributed by atoms with E-state index in [4.69, 9.17) is 0 Å². The molecule has 0 bridgehead atoms. The van der Waals surface area contributed by atoms with Gasteiger partial charge in [-0.3, -0.25) is 0 Å². The lowest BCUT2D eigenvalue weighted by molar-refractivity contribution is -0.491. The van der Waals surface area contributed by atoms with Crippen molar-refractivity contribution in [1.29, 1.82) is 0 Å². The van der Waals surface area contributed by atoms with Gasteiger partial charge in [-0.1, -0.05) is 10.2 Å². The van der Waals surface area contributed by atoms with Gasteiger partial charge in [-0.05, 0) is 10.4 Å². The molecule has 20 heavy (non-hydrogen) atoms. The van der Waals surface area contributed by atoms with Crippen LogP contribution in [0.4, 0.5) is 0 Å². The van der Waals surface area contributed by atoms with Gasteiger partial charge >= 0.3 is 11.2 Å². The van der Waals surface area contributed by atoms with Crippen molar-refractivity contribution in [2.24, 2.45) is 10.2 Å². The number of aromatic amines is 2. The molecule has 0 aliphatic heterocycles. The Morgan fingerprint density at radius 2 is 1.35 bits per heavy atom. The number of aromatic nitrogens is 8. The van der Waals surface area contributed by atoms with Crippen molar-refractivity contribution in [1.82, 2.24) is 40.4 Å².